The maximum absolute atomic E-state index is 12.6. The molecule has 0 fully saturated rings. The second-order valence-electron chi connectivity index (χ2n) is 4.24. The molecule has 0 aliphatic heterocycles. The maximum atomic E-state index is 12.6. The Labute approximate surface area is 126 Å². The fraction of sp³-hybridized carbons (Fsp3) is 0.455. The Bertz CT molecular complexity index is 563. The lowest BCUT2D eigenvalue weighted by Crippen LogP contribution is -2.39. The van der Waals surface area contributed by atoms with E-state index in [0.717, 1.165) is 0 Å². The number of benzene rings is 1. The van der Waals surface area contributed by atoms with E-state index in [0.29, 0.717) is 0 Å². The fourth-order valence-corrected chi connectivity index (χ4v) is 4.54. The van der Waals surface area contributed by atoms with Crippen molar-refractivity contribution in [3.63, 3.8) is 0 Å². The number of hydrogen-bond donors (Lipinski definition) is 2. The minimum Gasteiger partial charge on any atom is -0.398 e. The molecule has 0 aromatic heterocycles. The van der Waals surface area contributed by atoms with Gasteiger partial charge in [-0.3, -0.25) is 0 Å². The number of rotatable bonds is 5. The van der Waals surface area contributed by atoms with Crippen molar-refractivity contribution in [1.82, 2.24) is 4.31 Å². The Kier molecular flexibility index (Phi) is 5.64. The first-order valence-electron chi connectivity index (χ1n) is 5.59. The van der Waals surface area contributed by atoms with Crippen molar-refractivity contribution in [2.45, 2.75) is 24.8 Å². The molecule has 0 unspecified atom stereocenters. The van der Waals surface area contributed by atoms with Crippen LogP contribution in [0.5, 0.6) is 0 Å². The van der Waals surface area contributed by atoms with E-state index in [1.807, 2.05) is 0 Å². The predicted octanol–water partition coefficient (Wildman–Crippen LogP) is 2.08. The number of nitrogens with zero attached hydrogens (tertiary/aromatic N) is 1. The Morgan fingerprint density at radius 3 is 2.53 bits per heavy atom. The first-order chi connectivity index (χ1) is 8.71. The number of hydrogen-bond acceptors (Lipinski definition) is 4. The molecule has 8 heteroatoms. The number of aliphatic hydroxyl groups excluding tert-OH is 1. The summed E-state index contributed by atoms with van der Waals surface area (Å²) in [4.78, 5) is -0.000324. The van der Waals surface area contributed by atoms with E-state index in [9.17, 15) is 8.42 Å². The largest absolute Gasteiger partial charge is 0.398 e. The molecule has 0 spiro atoms. The number of nitrogen functional groups attached to an aromatic ring is 1. The van der Waals surface area contributed by atoms with Crippen molar-refractivity contribution in [3.8, 4) is 0 Å². The summed E-state index contributed by atoms with van der Waals surface area (Å²) >= 11 is 9.02. The molecule has 3 N–H and O–H groups in total. The van der Waals surface area contributed by atoms with Crippen LogP contribution in [0.4, 0.5) is 5.69 Å². The number of anilines is 1. The molecule has 19 heavy (non-hydrogen) atoms. The summed E-state index contributed by atoms with van der Waals surface area (Å²) in [6.07, 6.45) is 0. The molecule has 0 amide bonds. The number of nitrogens with two attached hydrogens (primary N) is 1. The highest BCUT2D eigenvalue weighted by atomic mass is 79.9. The molecule has 0 saturated carbocycles. The zero-order chi connectivity index (χ0) is 14.8. The minimum absolute atomic E-state index is 0.000324. The van der Waals surface area contributed by atoms with Crippen LogP contribution in [0.2, 0.25) is 5.02 Å². The van der Waals surface area contributed by atoms with Gasteiger partial charge < -0.3 is 10.8 Å². The Morgan fingerprint density at radius 1 is 1.47 bits per heavy atom. The van der Waals surface area contributed by atoms with Gasteiger partial charge >= 0.3 is 0 Å². The average molecular weight is 372 g/mol. The summed E-state index contributed by atoms with van der Waals surface area (Å²) in [6, 6.07) is 2.52. The summed E-state index contributed by atoms with van der Waals surface area (Å²) in [5.41, 5.74) is 5.95. The lowest BCUT2D eigenvalue weighted by Gasteiger charge is -2.25. The molecule has 1 aromatic rings. The van der Waals surface area contributed by atoms with Crippen LogP contribution in [0.3, 0.4) is 0 Å². The minimum atomic E-state index is -3.78. The smallest absolute Gasteiger partial charge is 0.244 e. The SMILES string of the molecule is CC(C)N(CCO)S(=O)(=O)c1cc(Cl)cc(N)c1Br. The van der Waals surface area contributed by atoms with Crippen LogP contribution < -0.4 is 5.73 Å². The molecule has 0 aliphatic rings. The Hall–Kier alpha value is -0.340. The van der Waals surface area contributed by atoms with Crippen molar-refractivity contribution >= 4 is 43.2 Å². The highest BCUT2D eigenvalue weighted by Crippen LogP contribution is 2.33. The monoisotopic (exact) mass is 370 g/mol. The van der Waals surface area contributed by atoms with E-state index in [4.69, 9.17) is 22.4 Å². The molecule has 0 atom stereocenters. The summed E-state index contributed by atoms with van der Waals surface area (Å²) in [7, 11) is -3.78. The van der Waals surface area contributed by atoms with Gasteiger partial charge in [0.25, 0.3) is 0 Å². The normalized spacial score (nSPS) is 12.4. The van der Waals surface area contributed by atoms with Gasteiger partial charge in [-0.2, -0.15) is 4.31 Å². The third-order valence-electron chi connectivity index (χ3n) is 2.52. The number of sulfonamides is 1. The quantitative estimate of drug-likeness (QED) is 0.776. The van der Waals surface area contributed by atoms with Crippen molar-refractivity contribution < 1.29 is 13.5 Å². The lowest BCUT2D eigenvalue weighted by molar-refractivity contribution is 0.236. The molecule has 5 nitrogen and oxygen atoms in total. The molecule has 0 bridgehead atoms. The van der Waals surface area contributed by atoms with Crippen molar-refractivity contribution in [2.24, 2.45) is 0 Å². The van der Waals surface area contributed by atoms with Crippen LogP contribution in [0.1, 0.15) is 13.8 Å². The maximum Gasteiger partial charge on any atom is 0.244 e. The lowest BCUT2D eigenvalue weighted by atomic mass is 10.3. The van der Waals surface area contributed by atoms with E-state index >= 15 is 0 Å². The summed E-state index contributed by atoms with van der Waals surface area (Å²) in [5.74, 6) is 0. The van der Waals surface area contributed by atoms with E-state index in [-0.39, 0.29) is 39.3 Å². The highest BCUT2D eigenvalue weighted by molar-refractivity contribution is 9.10. The molecular weight excluding hydrogens is 356 g/mol. The molecule has 0 aliphatic carbocycles. The summed E-state index contributed by atoms with van der Waals surface area (Å²) < 4.78 is 26.6. The van der Waals surface area contributed by atoms with Gasteiger partial charge in [0.05, 0.1) is 16.0 Å². The van der Waals surface area contributed by atoms with Crippen LogP contribution in [-0.2, 0) is 10.0 Å². The van der Waals surface area contributed by atoms with Gasteiger partial charge in [-0.05, 0) is 41.9 Å². The Balaban J connectivity index is 3.41. The van der Waals surface area contributed by atoms with Gasteiger partial charge in [0.2, 0.25) is 10.0 Å². The predicted molar refractivity (Wildman–Crippen MR) is 79.7 cm³/mol. The molecular formula is C11H16BrClN2O3S. The van der Waals surface area contributed by atoms with Crippen molar-refractivity contribution in [2.75, 3.05) is 18.9 Å². The molecule has 0 saturated heterocycles. The Morgan fingerprint density at radius 2 is 2.05 bits per heavy atom. The molecule has 0 radical (unpaired) electrons. The second-order valence-corrected chi connectivity index (χ2v) is 7.33. The van der Waals surface area contributed by atoms with Crippen LogP contribution in [-0.4, -0.2) is 37.0 Å². The zero-order valence-corrected chi connectivity index (χ0v) is 13.8. The van der Waals surface area contributed by atoms with E-state index < -0.39 is 10.0 Å². The first kappa shape index (κ1) is 16.7. The van der Waals surface area contributed by atoms with Gasteiger partial charge in [-0.15, -0.1) is 0 Å². The zero-order valence-electron chi connectivity index (χ0n) is 10.6. The average Bonchev–Trinajstić information content (AvgIpc) is 2.29. The fourth-order valence-electron chi connectivity index (χ4n) is 1.65. The van der Waals surface area contributed by atoms with E-state index in [2.05, 4.69) is 15.9 Å². The van der Waals surface area contributed by atoms with Gasteiger partial charge in [0.15, 0.2) is 0 Å². The molecule has 1 rings (SSSR count). The van der Waals surface area contributed by atoms with Gasteiger partial charge in [0.1, 0.15) is 0 Å². The third-order valence-corrected chi connectivity index (χ3v) is 5.98. The molecule has 108 valence electrons. The van der Waals surface area contributed by atoms with Gasteiger partial charge in [-0.1, -0.05) is 11.6 Å². The highest BCUT2D eigenvalue weighted by Gasteiger charge is 2.29. The number of aliphatic hydroxyl groups is 1. The standard InChI is InChI=1S/C11H16BrClN2O3S/c1-7(2)15(3-4-16)19(17,18)10-6-8(13)5-9(14)11(10)12/h5-7,16H,3-4,14H2,1-2H3. The van der Waals surface area contributed by atoms with E-state index in [1.54, 1.807) is 13.8 Å². The van der Waals surface area contributed by atoms with Crippen molar-refractivity contribution in [3.05, 3.63) is 21.6 Å². The number of halogens is 2. The van der Waals surface area contributed by atoms with E-state index in [1.165, 1.54) is 16.4 Å². The summed E-state index contributed by atoms with van der Waals surface area (Å²) in [6.45, 7) is 3.22. The second kappa shape index (κ2) is 6.41. The van der Waals surface area contributed by atoms with Crippen LogP contribution in [0.15, 0.2) is 21.5 Å². The topological polar surface area (TPSA) is 83.6 Å². The molecule has 1 aromatic carbocycles. The molecule has 0 heterocycles. The van der Waals surface area contributed by atoms with Crippen molar-refractivity contribution in [1.29, 1.82) is 0 Å². The summed E-state index contributed by atoms with van der Waals surface area (Å²) in [5, 5.41) is 9.25. The first-order valence-corrected chi connectivity index (χ1v) is 8.20. The van der Waals surface area contributed by atoms with Crippen LogP contribution in [0, 0.1) is 0 Å². The van der Waals surface area contributed by atoms with Gasteiger partial charge in [0, 0.05) is 23.3 Å². The van der Waals surface area contributed by atoms with Crippen LogP contribution >= 0.6 is 27.5 Å². The third kappa shape index (κ3) is 3.61. The van der Waals surface area contributed by atoms with Gasteiger partial charge in [-0.25, -0.2) is 8.42 Å². The van der Waals surface area contributed by atoms with Crippen LogP contribution in [0.25, 0.3) is 0 Å².